The molecule has 0 aliphatic heterocycles. The van der Waals surface area contributed by atoms with Gasteiger partial charge in [0.2, 0.25) is 0 Å². The molecule has 182 valence electrons. The number of carbonyl (C=O) groups is 2. The van der Waals surface area contributed by atoms with E-state index >= 15 is 0 Å². The molecule has 0 aliphatic carbocycles. The molecule has 5 heteroatoms. The molecule has 0 unspecified atom stereocenters. The van der Waals surface area contributed by atoms with Crippen molar-refractivity contribution in [3.63, 3.8) is 0 Å². The van der Waals surface area contributed by atoms with Crippen LogP contribution in [0, 0.1) is 0 Å². The van der Waals surface area contributed by atoms with Gasteiger partial charge in [-0.05, 0) is 31.5 Å². The van der Waals surface area contributed by atoms with Gasteiger partial charge in [0.05, 0.1) is 13.7 Å². The zero-order valence-electron chi connectivity index (χ0n) is 20.6. The number of hydrogen-bond acceptors (Lipinski definition) is 4. The van der Waals surface area contributed by atoms with Crippen molar-refractivity contribution >= 4 is 11.9 Å². The SMILES string of the molecule is CCCCCCCCCCCCCCCCOC(=O)[C@H](C)NC(=O)c1cccc(OC)c1. The summed E-state index contributed by atoms with van der Waals surface area (Å²) in [6.07, 6.45) is 18.1. The van der Waals surface area contributed by atoms with Crippen molar-refractivity contribution in [1.82, 2.24) is 5.32 Å². The van der Waals surface area contributed by atoms with E-state index in [9.17, 15) is 9.59 Å². The molecule has 0 aliphatic rings. The number of amides is 1. The molecule has 0 aromatic heterocycles. The fourth-order valence-corrected chi connectivity index (χ4v) is 3.70. The van der Waals surface area contributed by atoms with Crippen LogP contribution in [0.2, 0.25) is 0 Å². The van der Waals surface area contributed by atoms with Crippen molar-refractivity contribution in [3.8, 4) is 5.75 Å². The molecule has 5 nitrogen and oxygen atoms in total. The van der Waals surface area contributed by atoms with E-state index in [0.717, 1.165) is 12.8 Å². The lowest BCUT2D eigenvalue weighted by atomic mass is 10.0. The van der Waals surface area contributed by atoms with E-state index in [-0.39, 0.29) is 5.91 Å². The number of nitrogens with one attached hydrogen (secondary N) is 1. The topological polar surface area (TPSA) is 64.6 Å². The van der Waals surface area contributed by atoms with Crippen LogP contribution in [0.3, 0.4) is 0 Å². The van der Waals surface area contributed by atoms with Crippen LogP contribution < -0.4 is 10.1 Å². The minimum atomic E-state index is -0.680. The van der Waals surface area contributed by atoms with E-state index in [1.54, 1.807) is 38.3 Å². The molecule has 1 N–H and O–H groups in total. The Bertz CT molecular complexity index is 632. The van der Waals surface area contributed by atoms with Crippen LogP contribution in [0.5, 0.6) is 5.75 Å². The van der Waals surface area contributed by atoms with Gasteiger partial charge in [-0.25, -0.2) is 4.79 Å². The number of benzene rings is 1. The fraction of sp³-hybridized carbons (Fsp3) is 0.704. The number of ether oxygens (including phenoxy) is 2. The summed E-state index contributed by atoms with van der Waals surface area (Å²) in [5, 5.41) is 2.68. The van der Waals surface area contributed by atoms with Crippen LogP contribution in [0.4, 0.5) is 0 Å². The molecular formula is C27H45NO4. The summed E-state index contributed by atoms with van der Waals surface area (Å²) < 4.78 is 10.4. The monoisotopic (exact) mass is 447 g/mol. The summed E-state index contributed by atoms with van der Waals surface area (Å²) in [5.74, 6) is -0.105. The lowest BCUT2D eigenvalue weighted by Crippen LogP contribution is -2.39. The second kappa shape index (κ2) is 18.5. The third-order valence-corrected chi connectivity index (χ3v) is 5.78. The first kappa shape index (κ1) is 28.0. The van der Waals surface area contributed by atoms with E-state index in [0.29, 0.717) is 17.9 Å². The lowest BCUT2D eigenvalue weighted by Gasteiger charge is -2.14. The van der Waals surface area contributed by atoms with Gasteiger partial charge >= 0.3 is 5.97 Å². The molecule has 0 heterocycles. The fourth-order valence-electron chi connectivity index (χ4n) is 3.70. The zero-order chi connectivity index (χ0) is 23.4. The predicted octanol–water partition coefficient (Wildman–Crippen LogP) is 6.84. The second-order valence-electron chi connectivity index (χ2n) is 8.69. The van der Waals surface area contributed by atoms with Gasteiger partial charge in [0.15, 0.2) is 0 Å². The van der Waals surface area contributed by atoms with E-state index in [4.69, 9.17) is 9.47 Å². The average Bonchev–Trinajstić information content (AvgIpc) is 2.81. The highest BCUT2D eigenvalue weighted by Gasteiger charge is 2.18. The van der Waals surface area contributed by atoms with E-state index in [2.05, 4.69) is 12.2 Å². The molecule has 1 aromatic carbocycles. The minimum Gasteiger partial charge on any atom is -0.497 e. The predicted molar refractivity (Wildman–Crippen MR) is 131 cm³/mol. The highest BCUT2D eigenvalue weighted by molar-refractivity contribution is 5.97. The van der Waals surface area contributed by atoms with Crippen molar-refractivity contribution in [1.29, 1.82) is 0 Å². The molecule has 0 saturated heterocycles. The van der Waals surface area contributed by atoms with Gasteiger partial charge in [-0.2, -0.15) is 0 Å². The molecule has 0 bridgehead atoms. The molecule has 1 amide bonds. The molecule has 0 spiro atoms. The number of carbonyl (C=O) groups excluding carboxylic acids is 2. The molecule has 0 saturated carbocycles. The summed E-state index contributed by atoms with van der Waals surface area (Å²) in [7, 11) is 1.55. The molecule has 0 fully saturated rings. The smallest absolute Gasteiger partial charge is 0.328 e. The number of unbranched alkanes of at least 4 members (excludes halogenated alkanes) is 13. The van der Waals surface area contributed by atoms with Gasteiger partial charge in [-0.3, -0.25) is 4.79 Å². The van der Waals surface area contributed by atoms with Gasteiger partial charge < -0.3 is 14.8 Å². The molecule has 1 atom stereocenters. The average molecular weight is 448 g/mol. The quantitative estimate of drug-likeness (QED) is 0.186. The lowest BCUT2D eigenvalue weighted by molar-refractivity contribution is -0.145. The Balaban J connectivity index is 1.98. The third-order valence-electron chi connectivity index (χ3n) is 5.78. The molecule has 1 rings (SSSR count). The maximum absolute atomic E-state index is 12.3. The molecule has 0 radical (unpaired) electrons. The maximum Gasteiger partial charge on any atom is 0.328 e. The second-order valence-corrected chi connectivity index (χ2v) is 8.69. The summed E-state index contributed by atoms with van der Waals surface area (Å²) in [4.78, 5) is 24.4. The van der Waals surface area contributed by atoms with Crippen molar-refractivity contribution in [2.45, 2.75) is 110 Å². The van der Waals surface area contributed by atoms with Crippen molar-refractivity contribution in [3.05, 3.63) is 29.8 Å². The Morgan fingerprint density at radius 2 is 1.38 bits per heavy atom. The standard InChI is InChI=1S/C27H45NO4/c1-4-5-6-7-8-9-10-11-12-13-14-15-16-17-21-32-27(30)23(2)28-26(29)24-19-18-20-25(22-24)31-3/h18-20,22-23H,4-17,21H2,1-3H3,(H,28,29)/t23-/m0/s1. The van der Waals surface area contributed by atoms with E-state index in [1.165, 1.54) is 77.0 Å². The van der Waals surface area contributed by atoms with Crippen molar-refractivity contribution in [2.24, 2.45) is 0 Å². The molecule has 1 aromatic rings. The first-order valence-electron chi connectivity index (χ1n) is 12.7. The molecule has 32 heavy (non-hydrogen) atoms. The summed E-state index contributed by atoms with van der Waals surface area (Å²) in [6.45, 7) is 4.32. The number of rotatable bonds is 19. The number of esters is 1. The largest absolute Gasteiger partial charge is 0.497 e. The van der Waals surface area contributed by atoms with Crippen molar-refractivity contribution < 1.29 is 19.1 Å². The van der Waals surface area contributed by atoms with Crippen LogP contribution in [0.25, 0.3) is 0 Å². The van der Waals surface area contributed by atoms with Gasteiger partial charge in [-0.15, -0.1) is 0 Å². The normalized spacial score (nSPS) is 11.7. The number of hydrogen-bond donors (Lipinski definition) is 1. The highest BCUT2D eigenvalue weighted by atomic mass is 16.5. The van der Waals surface area contributed by atoms with Crippen LogP contribution >= 0.6 is 0 Å². The zero-order valence-corrected chi connectivity index (χ0v) is 20.6. The van der Waals surface area contributed by atoms with Gasteiger partial charge in [0, 0.05) is 5.56 Å². The first-order chi connectivity index (χ1) is 15.6. The van der Waals surface area contributed by atoms with Crippen LogP contribution in [0.15, 0.2) is 24.3 Å². The summed E-state index contributed by atoms with van der Waals surface area (Å²) >= 11 is 0. The van der Waals surface area contributed by atoms with Crippen molar-refractivity contribution in [2.75, 3.05) is 13.7 Å². The number of methoxy groups -OCH3 is 1. The van der Waals surface area contributed by atoms with Crippen LogP contribution in [0.1, 0.15) is 114 Å². The summed E-state index contributed by atoms with van der Waals surface area (Å²) in [5.41, 5.74) is 0.455. The highest BCUT2D eigenvalue weighted by Crippen LogP contribution is 2.14. The van der Waals surface area contributed by atoms with Crippen LogP contribution in [-0.2, 0) is 9.53 Å². The van der Waals surface area contributed by atoms with Gasteiger partial charge in [0.1, 0.15) is 11.8 Å². The van der Waals surface area contributed by atoms with E-state index in [1.807, 2.05) is 0 Å². The Morgan fingerprint density at radius 3 is 1.91 bits per heavy atom. The van der Waals surface area contributed by atoms with Crippen LogP contribution in [-0.4, -0.2) is 31.6 Å². The Kier molecular flexibility index (Phi) is 16.2. The van der Waals surface area contributed by atoms with Gasteiger partial charge in [-0.1, -0.05) is 96.5 Å². The first-order valence-corrected chi connectivity index (χ1v) is 12.7. The third kappa shape index (κ3) is 13.4. The minimum absolute atomic E-state index is 0.315. The Morgan fingerprint density at radius 1 is 0.844 bits per heavy atom. The van der Waals surface area contributed by atoms with E-state index < -0.39 is 12.0 Å². The maximum atomic E-state index is 12.3. The summed E-state index contributed by atoms with van der Waals surface area (Å²) in [6, 6.07) is 6.16. The van der Waals surface area contributed by atoms with Gasteiger partial charge in [0.25, 0.3) is 5.91 Å². The molecular weight excluding hydrogens is 402 g/mol. The Labute approximate surface area is 195 Å². The Hall–Kier alpha value is -2.04.